The third-order valence-electron chi connectivity index (χ3n) is 2.29. The number of ether oxygens (including phenoxy) is 1. The van der Waals surface area contributed by atoms with Crippen molar-refractivity contribution in [2.75, 3.05) is 18.1 Å². The SMILES string of the molecule is CC(=O)OCCS(=O)(=O)c1cccc(C(=O)O)c1N. The monoisotopic (exact) mass is 287 g/mol. The number of aromatic carboxylic acids is 1. The number of hydrogen-bond acceptors (Lipinski definition) is 6. The molecule has 1 rings (SSSR count). The number of esters is 1. The van der Waals surface area contributed by atoms with E-state index in [2.05, 4.69) is 4.74 Å². The highest BCUT2D eigenvalue weighted by Gasteiger charge is 2.21. The van der Waals surface area contributed by atoms with E-state index in [1.807, 2.05) is 0 Å². The molecule has 0 unspecified atom stereocenters. The zero-order valence-electron chi connectivity index (χ0n) is 10.1. The molecule has 3 N–H and O–H groups in total. The van der Waals surface area contributed by atoms with E-state index in [-0.39, 0.29) is 22.8 Å². The van der Waals surface area contributed by atoms with Gasteiger partial charge in [-0.1, -0.05) is 6.07 Å². The molecule has 0 bridgehead atoms. The Bertz CT molecular complexity index is 608. The molecule has 0 saturated heterocycles. The van der Waals surface area contributed by atoms with Crippen molar-refractivity contribution >= 4 is 27.5 Å². The third-order valence-corrected chi connectivity index (χ3v) is 4.02. The van der Waals surface area contributed by atoms with Gasteiger partial charge in [0.05, 0.1) is 21.9 Å². The summed E-state index contributed by atoms with van der Waals surface area (Å²) in [6.45, 7) is 0.848. The lowest BCUT2D eigenvalue weighted by atomic mass is 10.2. The highest BCUT2D eigenvalue weighted by molar-refractivity contribution is 7.91. The lowest BCUT2D eigenvalue weighted by molar-refractivity contribution is -0.140. The molecule has 0 radical (unpaired) electrons. The number of rotatable bonds is 5. The first kappa shape index (κ1) is 15.0. The summed E-state index contributed by atoms with van der Waals surface area (Å²) in [6.07, 6.45) is 0. The third kappa shape index (κ3) is 3.68. The molecule has 19 heavy (non-hydrogen) atoms. The van der Waals surface area contributed by atoms with Crippen molar-refractivity contribution in [3.05, 3.63) is 23.8 Å². The fourth-order valence-corrected chi connectivity index (χ4v) is 2.66. The van der Waals surface area contributed by atoms with Crippen LogP contribution in [-0.4, -0.2) is 37.8 Å². The number of carboxylic acid groups (broad SMARTS) is 1. The predicted octanol–water partition coefficient (Wildman–Crippen LogP) is 0.304. The van der Waals surface area contributed by atoms with Gasteiger partial charge in [0.25, 0.3) is 0 Å². The van der Waals surface area contributed by atoms with Crippen LogP contribution in [0.1, 0.15) is 17.3 Å². The van der Waals surface area contributed by atoms with Crippen molar-refractivity contribution in [2.24, 2.45) is 0 Å². The summed E-state index contributed by atoms with van der Waals surface area (Å²) in [5.74, 6) is -2.36. The number of carbonyl (C=O) groups excluding carboxylic acids is 1. The maximum atomic E-state index is 11.9. The summed E-state index contributed by atoms with van der Waals surface area (Å²) in [5.41, 5.74) is 4.93. The van der Waals surface area contributed by atoms with E-state index in [9.17, 15) is 18.0 Å². The highest BCUT2D eigenvalue weighted by atomic mass is 32.2. The Hall–Kier alpha value is -2.09. The van der Waals surface area contributed by atoms with Crippen LogP contribution in [0.5, 0.6) is 0 Å². The Labute approximate surface area is 109 Å². The second kappa shape index (κ2) is 5.70. The minimum absolute atomic E-state index is 0.278. The van der Waals surface area contributed by atoms with Crippen LogP contribution in [0.25, 0.3) is 0 Å². The second-order valence-electron chi connectivity index (χ2n) is 3.68. The van der Waals surface area contributed by atoms with Crippen molar-refractivity contribution in [1.29, 1.82) is 0 Å². The summed E-state index contributed by atoms with van der Waals surface area (Å²) < 4.78 is 28.4. The molecule has 7 nitrogen and oxygen atoms in total. The summed E-state index contributed by atoms with van der Waals surface area (Å²) in [5, 5.41) is 8.86. The van der Waals surface area contributed by atoms with E-state index >= 15 is 0 Å². The summed E-state index contributed by atoms with van der Waals surface area (Å²) in [6, 6.07) is 3.71. The minimum Gasteiger partial charge on any atom is -0.478 e. The van der Waals surface area contributed by atoms with Gasteiger partial charge in [0, 0.05) is 6.92 Å². The Balaban J connectivity index is 3.05. The van der Waals surface area contributed by atoms with Gasteiger partial charge in [0.15, 0.2) is 9.84 Å². The predicted molar refractivity (Wildman–Crippen MR) is 66.5 cm³/mol. The first-order valence-electron chi connectivity index (χ1n) is 5.23. The molecule has 0 aromatic heterocycles. The molecular formula is C11H13NO6S. The number of nitrogens with two attached hydrogens (primary N) is 1. The maximum absolute atomic E-state index is 11.9. The molecule has 0 aliphatic rings. The van der Waals surface area contributed by atoms with E-state index in [0.29, 0.717) is 0 Å². The molecule has 0 spiro atoms. The van der Waals surface area contributed by atoms with Gasteiger partial charge in [-0.05, 0) is 12.1 Å². The number of hydrogen-bond donors (Lipinski definition) is 2. The first-order valence-corrected chi connectivity index (χ1v) is 6.89. The molecule has 0 fully saturated rings. The molecule has 0 amide bonds. The lowest BCUT2D eigenvalue weighted by Crippen LogP contribution is -2.17. The van der Waals surface area contributed by atoms with Crippen molar-refractivity contribution in [1.82, 2.24) is 0 Å². The molecule has 0 atom stereocenters. The minimum atomic E-state index is -3.81. The van der Waals surface area contributed by atoms with Crippen LogP contribution in [-0.2, 0) is 19.4 Å². The van der Waals surface area contributed by atoms with Gasteiger partial charge in [0.2, 0.25) is 0 Å². The number of sulfone groups is 1. The van der Waals surface area contributed by atoms with Gasteiger partial charge in [-0.15, -0.1) is 0 Å². The number of nitrogen functional groups attached to an aromatic ring is 1. The molecule has 104 valence electrons. The topological polar surface area (TPSA) is 124 Å². The molecule has 0 heterocycles. The molecular weight excluding hydrogens is 274 g/mol. The quantitative estimate of drug-likeness (QED) is 0.589. The summed E-state index contributed by atoms with van der Waals surface area (Å²) in [7, 11) is -3.81. The van der Waals surface area contributed by atoms with E-state index in [1.54, 1.807) is 0 Å². The van der Waals surface area contributed by atoms with Gasteiger partial charge in [-0.25, -0.2) is 13.2 Å². The Morgan fingerprint density at radius 3 is 2.53 bits per heavy atom. The van der Waals surface area contributed by atoms with Crippen molar-refractivity contribution in [3.8, 4) is 0 Å². The second-order valence-corrected chi connectivity index (χ2v) is 5.76. The highest BCUT2D eigenvalue weighted by Crippen LogP contribution is 2.23. The van der Waals surface area contributed by atoms with E-state index < -0.39 is 27.5 Å². The number of anilines is 1. The van der Waals surface area contributed by atoms with E-state index in [4.69, 9.17) is 10.8 Å². The van der Waals surface area contributed by atoms with Crippen LogP contribution in [0.3, 0.4) is 0 Å². The van der Waals surface area contributed by atoms with Crippen LogP contribution in [0.4, 0.5) is 5.69 Å². The molecule has 1 aromatic carbocycles. The van der Waals surface area contributed by atoms with Crippen LogP contribution in [0.2, 0.25) is 0 Å². The zero-order chi connectivity index (χ0) is 14.6. The van der Waals surface area contributed by atoms with Crippen LogP contribution < -0.4 is 5.73 Å². The lowest BCUT2D eigenvalue weighted by Gasteiger charge is -2.09. The normalized spacial score (nSPS) is 11.0. The summed E-state index contributed by atoms with van der Waals surface area (Å²) >= 11 is 0. The zero-order valence-corrected chi connectivity index (χ0v) is 10.9. The number of carbonyl (C=O) groups is 2. The van der Waals surface area contributed by atoms with Crippen molar-refractivity contribution < 1.29 is 27.9 Å². The van der Waals surface area contributed by atoms with Gasteiger partial charge >= 0.3 is 11.9 Å². The van der Waals surface area contributed by atoms with E-state index in [1.165, 1.54) is 18.2 Å². The average molecular weight is 287 g/mol. The standard InChI is InChI=1S/C11H13NO6S/c1-7(13)18-5-6-19(16,17)9-4-2-3-8(10(9)12)11(14)15/h2-4H,5-6,12H2,1H3,(H,14,15). The number of para-hydroxylation sites is 1. The van der Waals surface area contributed by atoms with Crippen molar-refractivity contribution in [2.45, 2.75) is 11.8 Å². The fraction of sp³-hybridized carbons (Fsp3) is 0.273. The largest absolute Gasteiger partial charge is 0.478 e. The smallest absolute Gasteiger partial charge is 0.337 e. The van der Waals surface area contributed by atoms with Gasteiger partial charge < -0.3 is 15.6 Å². The maximum Gasteiger partial charge on any atom is 0.337 e. The average Bonchev–Trinajstić information content (AvgIpc) is 2.27. The van der Waals surface area contributed by atoms with Gasteiger partial charge in [-0.3, -0.25) is 4.79 Å². The fourth-order valence-electron chi connectivity index (χ4n) is 1.41. The molecule has 8 heteroatoms. The summed E-state index contributed by atoms with van der Waals surface area (Å²) in [4.78, 5) is 21.1. The number of benzene rings is 1. The van der Waals surface area contributed by atoms with E-state index in [0.717, 1.165) is 6.92 Å². The van der Waals surface area contributed by atoms with Crippen LogP contribution in [0.15, 0.2) is 23.1 Å². The van der Waals surface area contributed by atoms with Gasteiger partial charge in [0.1, 0.15) is 6.61 Å². The van der Waals surface area contributed by atoms with Crippen molar-refractivity contribution in [3.63, 3.8) is 0 Å². The Kier molecular flexibility index (Phi) is 4.49. The first-order chi connectivity index (χ1) is 8.75. The van der Waals surface area contributed by atoms with Crippen LogP contribution in [0, 0.1) is 0 Å². The van der Waals surface area contributed by atoms with Crippen LogP contribution >= 0.6 is 0 Å². The Morgan fingerprint density at radius 2 is 2.00 bits per heavy atom. The molecule has 1 aromatic rings. The molecule has 0 saturated carbocycles. The van der Waals surface area contributed by atoms with Gasteiger partial charge in [-0.2, -0.15) is 0 Å². The Morgan fingerprint density at radius 1 is 1.37 bits per heavy atom. The number of carboxylic acids is 1. The molecule has 0 aliphatic carbocycles. The molecule has 0 aliphatic heterocycles.